The summed E-state index contributed by atoms with van der Waals surface area (Å²) < 4.78 is 5.81. The Kier molecular flexibility index (Phi) is 3.46. The van der Waals surface area contributed by atoms with E-state index in [9.17, 15) is 4.79 Å². The van der Waals surface area contributed by atoms with Gasteiger partial charge in [-0.15, -0.1) is 0 Å². The zero-order valence-corrected chi connectivity index (χ0v) is 15.2. The number of rotatable bonds is 2. The van der Waals surface area contributed by atoms with E-state index < -0.39 is 0 Å². The average molecular weight is 324 g/mol. The molecule has 1 aromatic rings. The third-order valence-corrected chi connectivity index (χ3v) is 7.58. The summed E-state index contributed by atoms with van der Waals surface area (Å²) in [5.41, 5.74) is 2.94. The minimum Gasteiger partial charge on any atom is -0.455 e. The van der Waals surface area contributed by atoms with Crippen LogP contribution in [-0.2, 0) is 4.74 Å². The molecule has 0 aromatic heterocycles. The molecule has 4 aliphatic carbocycles. The van der Waals surface area contributed by atoms with E-state index >= 15 is 0 Å². The molecular weight excluding hydrogens is 296 g/mol. The molecule has 0 amide bonds. The summed E-state index contributed by atoms with van der Waals surface area (Å²) in [7, 11) is 0. The van der Waals surface area contributed by atoms with E-state index in [-0.39, 0.29) is 12.1 Å². The van der Waals surface area contributed by atoms with Crippen molar-refractivity contribution in [3.63, 3.8) is 0 Å². The van der Waals surface area contributed by atoms with Crippen LogP contribution in [-0.4, -0.2) is 12.1 Å². The van der Waals surface area contributed by atoms with Crippen molar-refractivity contribution >= 4 is 5.97 Å². The summed E-state index contributed by atoms with van der Waals surface area (Å²) in [4.78, 5) is 12.4. The Labute approximate surface area is 145 Å². The first kappa shape index (κ1) is 15.9. The normalized spacial score (nSPS) is 39.2. The Balaban J connectivity index is 1.55. The highest BCUT2D eigenvalue weighted by molar-refractivity contribution is 5.89. The van der Waals surface area contributed by atoms with E-state index in [4.69, 9.17) is 4.74 Å². The van der Waals surface area contributed by atoms with E-state index in [1.165, 1.54) is 18.4 Å². The molecule has 2 bridgehead atoms. The first-order valence-corrected chi connectivity index (χ1v) is 9.30. The zero-order chi connectivity index (χ0) is 17.1. The van der Waals surface area contributed by atoms with Gasteiger partial charge in [-0.2, -0.15) is 0 Å². The van der Waals surface area contributed by atoms with Crippen molar-refractivity contribution in [3.05, 3.63) is 47.5 Å². The molecule has 2 heteroatoms. The molecule has 5 rings (SSSR count). The standard InChI is InChI=1S/C22H28O2/c1-14-10-18(24-20(23)16-8-6-5-7-9-16)11-15(2)22(14)13-17-12-19(22)21(17,3)4/h5-10,15,17-19H,11-13H2,1-4H3. The van der Waals surface area contributed by atoms with Gasteiger partial charge in [-0.05, 0) is 73.0 Å². The monoisotopic (exact) mass is 324 g/mol. The van der Waals surface area contributed by atoms with Crippen LogP contribution in [0.15, 0.2) is 42.0 Å². The summed E-state index contributed by atoms with van der Waals surface area (Å²) in [5, 5.41) is 0. The van der Waals surface area contributed by atoms with Gasteiger partial charge >= 0.3 is 5.97 Å². The summed E-state index contributed by atoms with van der Waals surface area (Å²) in [6.07, 6.45) is 5.83. The second-order valence-corrected chi connectivity index (χ2v) is 8.85. The zero-order valence-electron chi connectivity index (χ0n) is 15.2. The van der Waals surface area contributed by atoms with Gasteiger partial charge in [0.2, 0.25) is 0 Å². The molecule has 4 aliphatic rings. The summed E-state index contributed by atoms with van der Waals surface area (Å²) in [5.74, 6) is 2.04. The highest BCUT2D eigenvalue weighted by atomic mass is 16.5. The van der Waals surface area contributed by atoms with Crippen LogP contribution >= 0.6 is 0 Å². The molecule has 128 valence electrons. The maximum absolute atomic E-state index is 12.4. The molecule has 0 saturated heterocycles. The predicted octanol–water partition coefficient (Wildman–Crippen LogP) is 5.25. The first-order valence-electron chi connectivity index (χ1n) is 9.30. The Hall–Kier alpha value is -1.57. The van der Waals surface area contributed by atoms with Crippen molar-refractivity contribution in [1.29, 1.82) is 0 Å². The van der Waals surface area contributed by atoms with Gasteiger partial charge in [0, 0.05) is 0 Å². The fraction of sp³-hybridized carbons (Fsp3) is 0.591. The molecule has 0 aliphatic heterocycles. The number of hydrogen-bond acceptors (Lipinski definition) is 2. The van der Waals surface area contributed by atoms with Crippen molar-refractivity contribution in [2.75, 3.05) is 0 Å². The number of hydrogen-bond donors (Lipinski definition) is 0. The van der Waals surface area contributed by atoms with Crippen molar-refractivity contribution in [3.8, 4) is 0 Å². The lowest BCUT2D eigenvalue weighted by molar-refractivity contribution is -0.0132. The molecular formula is C22H28O2. The van der Waals surface area contributed by atoms with Crippen LogP contribution in [0.3, 0.4) is 0 Å². The fourth-order valence-corrected chi connectivity index (χ4v) is 6.08. The Morgan fingerprint density at radius 3 is 2.42 bits per heavy atom. The highest BCUT2D eigenvalue weighted by Crippen LogP contribution is 2.75. The quantitative estimate of drug-likeness (QED) is 0.548. The number of benzene rings is 1. The van der Waals surface area contributed by atoms with Crippen molar-refractivity contribution < 1.29 is 9.53 Å². The van der Waals surface area contributed by atoms with Gasteiger partial charge < -0.3 is 4.74 Å². The van der Waals surface area contributed by atoms with E-state index in [0.29, 0.717) is 22.3 Å². The molecule has 0 radical (unpaired) electrons. The van der Waals surface area contributed by atoms with Gasteiger partial charge in [0.05, 0.1) is 5.56 Å². The Morgan fingerprint density at radius 2 is 1.88 bits per heavy atom. The molecule has 0 heterocycles. The topological polar surface area (TPSA) is 26.3 Å². The lowest BCUT2D eigenvalue weighted by Crippen LogP contribution is -2.46. The summed E-state index contributed by atoms with van der Waals surface area (Å²) >= 11 is 0. The fourth-order valence-electron chi connectivity index (χ4n) is 6.08. The summed E-state index contributed by atoms with van der Waals surface area (Å²) in [6, 6.07) is 9.32. The van der Waals surface area contributed by atoms with Gasteiger partial charge in [-0.25, -0.2) is 4.79 Å². The first-order chi connectivity index (χ1) is 11.4. The van der Waals surface area contributed by atoms with Gasteiger partial charge in [-0.3, -0.25) is 0 Å². The number of ether oxygens (including phenoxy) is 1. The molecule has 3 saturated carbocycles. The smallest absolute Gasteiger partial charge is 0.338 e. The van der Waals surface area contributed by atoms with E-state index in [1.807, 2.05) is 30.3 Å². The van der Waals surface area contributed by atoms with Crippen LogP contribution in [0.2, 0.25) is 0 Å². The molecule has 5 atom stereocenters. The minimum absolute atomic E-state index is 0.0840. The number of esters is 1. The molecule has 0 N–H and O–H groups in total. The van der Waals surface area contributed by atoms with Gasteiger partial charge in [0.25, 0.3) is 0 Å². The molecule has 3 fully saturated rings. The third kappa shape index (κ3) is 2.04. The number of carbonyl (C=O) groups is 1. The van der Waals surface area contributed by atoms with Crippen molar-refractivity contribution in [2.45, 2.75) is 53.1 Å². The molecule has 1 spiro atoms. The second-order valence-electron chi connectivity index (χ2n) is 8.85. The molecule has 2 nitrogen and oxygen atoms in total. The Bertz CT molecular complexity index is 687. The van der Waals surface area contributed by atoms with Gasteiger partial charge in [0.1, 0.15) is 6.10 Å². The van der Waals surface area contributed by atoms with Gasteiger partial charge in [-0.1, -0.05) is 44.5 Å². The maximum Gasteiger partial charge on any atom is 0.338 e. The van der Waals surface area contributed by atoms with Crippen LogP contribution in [0.4, 0.5) is 0 Å². The maximum atomic E-state index is 12.4. The van der Waals surface area contributed by atoms with Crippen LogP contribution in [0, 0.1) is 28.6 Å². The molecule has 24 heavy (non-hydrogen) atoms. The molecule has 1 aromatic carbocycles. The van der Waals surface area contributed by atoms with Crippen LogP contribution in [0.5, 0.6) is 0 Å². The summed E-state index contributed by atoms with van der Waals surface area (Å²) in [6.45, 7) is 9.54. The van der Waals surface area contributed by atoms with E-state index in [0.717, 1.165) is 18.3 Å². The second kappa shape index (κ2) is 5.21. The Morgan fingerprint density at radius 1 is 1.17 bits per heavy atom. The van der Waals surface area contributed by atoms with Crippen LogP contribution in [0.1, 0.15) is 57.3 Å². The largest absolute Gasteiger partial charge is 0.455 e. The van der Waals surface area contributed by atoms with Crippen molar-refractivity contribution in [1.82, 2.24) is 0 Å². The minimum atomic E-state index is -0.205. The van der Waals surface area contributed by atoms with Crippen molar-refractivity contribution in [2.24, 2.45) is 28.6 Å². The van der Waals surface area contributed by atoms with Gasteiger partial charge in [0.15, 0.2) is 0 Å². The predicted molar refractivity (Wildman–Crippen MR) is 95.6 cm³/mol. The lowest BCUT2D eigenvalue weighted by Gasteiger charge is -2.52. The third-order valence-electron chi connectivity index (χ3n) is 7.58. The lowest BCUT2D eigenvalue weighted by atomic mass is 9.53. The SMILES string of the molecule is CC1=CC(OC(=O)c2ccccc2)CC(C)C12CC1CC2C1(C)C. The average Bonchev–Trinajstić information content (AvgIpc) is 3.08. The number of allylic oxidation sites excluding steroid dienone is 1. The number of carbonyl (C=O) groups excluding carboxylic acids is 1. The van der Waals surface area contributed by atoms with E-state index in [2.05, 4.69) is 33.8 Å². The van der Waals surface area contributed by atoms with E-state index in [1.54, 1.807) is 0 Å². The highest BCUT2D eigenvalue weighted by Gasteiger charge is 2.68. The molecule has 5 unspecified atom stereocenters. The van der Waals surface area contributed by atoms with Crippen LogP contribution < -0.4 is 0 Å². The van der Waals surface area contributed by atoms with Crippen LogP contribution in [0.25, 0.3) is 0 Å².